The summed E-state index contributed by atoms with van der Waals surface area (Å²) < 4.78 is 1.06. The lowest BCUT2D eigenvalue weighted by Gasteiger charge is -2.22. The molecule has 2 nitrogen and oxygen atoms in total. The van der Waals surface area contributed by atoms with E-state index in [0.29, 0.717) is 6.54 Å². The van der Waals surface area contributed by atoms with Crippen molar-refractivity contribution in [2.24, 2.45) is 0 Å². The summed E-state index contributed by atoms with van der Waals surface area (Å²) in [5, 5.41) is 8.87. The Hall–Kier alpha value is -0.0900. The van der Waals surface area contributed by atoms with Gasteiger partial charge in [0.1, 0.15) is 0 Å². The van der Waals surface area contributed by atoms with E-state index in [1.54, 1.807) is 0 Å². The fourth-order valence-corrected chi connectivity index (χ4v) is 2.13. The van der Waals surface area contributed by atoms with Gasteiger partial charge in [-0.3, -0.25) is 4.90 Å². The molecule has 1 rings (SSSR count). The van der Waals surface area contributed by atoms with E-state index in [1.807, 2.05) is 24.3 Å². The molecule has 90 valence electrons. The molecular weight excluding hydrogens is 289 g/mol. The Kier molecular flexibility index (Phi) is 6.36. The van der Waals surface area contributed by atoms with Gasteiger partial charge in [-0.05, 0) is 24.2 Å². The van der Waals surface area contributed by atoms with Gasteiger partial charge in [0.15, 0.2) is 0 Å². The highest BCUT2D eigenvalue weighted by Gasteiger charge is 2.11. The van der Waals surface area contributed by atoms with Crippen molar-refractivity contribution in [3.8, 4) is 0 Å². The van der Waals surface area contributed by atoms with Gasteiger partial charge in [-0.1, -0.05) is 35.0 Å². The number of alkyl halides is 1. The number of aliphatic hydroxyl groups is 1. The molecule has 0 aliphatic carbocycles. The van der Waals surface area contributed by atoms with Crippen molar-refractivity contribution in [2.75, 3.05) is 26.2 Å². The van der Waals surface area contributed by atoms with Crippen LogP contribution in [0.1, 0.15) is 17.9 Å². The summed E-state index contributed by atoms with van der Waals surface area (Å²) in [5.41, 5.74) is 1.11. The Bertz CT molecular complexity index is 304. The van der Waals surface area contributed by atoms with E-state index in [2.05, 4.69) is 27.8 Å². The standard InChI is InChI=1S/C12H17BrClNO/c1-2-15(7-8-16)9-12(14)10-3-5-11(13)6-4-10/h3-6,12,16H,2,7-9H2,1H3. The number of hydrogen-bond donors (Lipinski definition) is 1. The lowest BCUT2D eigenvalue weighted by Crippen LogP contribution is -2.29. The maximum atomic E-state index is 8.90. The van der Waals surface area contributed by atoms with Crippen molar-refractivity contribution >= 4 is 27.5 Å². The van der Waals surface area contributed by atoms with E-state index >= 15 is 0 Å². The van der Waals surface area contributed by atoms with Gasteiger partial charge in [-0.25, -0.2) is 0 Å². The van der Waals surface area contributed by atoms with E-state index in [-0.39, 0.29) is 12.0 Å². The first-order chi connectivity index (χ1) is 7.67. The van der Waals surface area contributed by atoms with Crippen molar-refractivity contribution in [2.45, 2.75) is 12.3 Å². The Labute approximate surface area is 110 Å². The van der Waals surface area contributed by atoms with E-state index in [0.717, 1.165) is 23.1 Å². The Morgan fingerprint density at radius 3 is 2.50 bits per heavy atom. The zero-order valence-corrected chi connectivity index (χ0v) is 11.7. The second-order valence-electron chi connectivity index (χ2n) is 3.64. The van der Waals surface area contributed by atoms with Crippen LogP contribution in [0.4, 0.5) is 0 Å². The summed E-state index contributed by atoms with van der Waals surface area (Å²) in [5.74, 6) is 0. The average molecular weight is 307 g/mol. The van der Waals surface area contributed by atoms with Crippen LogP contribution >= 0.6 is 27.5 Å². The molecule has 16 heavy (non-hydrogen) atoms. The molecule has 1 unspecified atom stereocenters. The molecule has 0 aliphatic rings. The molecule has 0 fully saturated rings. The summed E-state index contributed by atoms with van der Waals surface area (Å²) in [7, 11) is 0. The van der Waals surface area contributed by atoms with Crippen LogP contribution in [0.5, 0.6) is 0 Å². The number of likely N-dealkylation sites (N-methyl/N-ethyl adjacent to an activating group) is 1. The Morgan fingerprint density at radius 1 is 1.38 bits per heavy atom. The highest BCUT2D eigenvalue weighted by Crippen LogP contribution is 2.23. The summed E-state index contributed by atoms with van der Waals surface area (Å²) in [6.07, 6.45) is 0. The minimum absolute atomic E-state index is 0.0281. The number of halogens is 2. The molecule has 4 heteroatoms. The second-order valence-corrected chi connectivity index (χ2v) is 5.08. The molecule has 0 amide bonds. The molecule has 1 aromatic rings. The topological polar surface area (TPSA) is 23.5 Å². The highest BCUT2D eigenvalue weighted by atomic mass is 79.9. The van der Waals surface area contributed by atoms with E-state index < -0.39 is 0 Å². The van der Waals surface area contributed by atoms with Gasteiger partial charge >= 0.3 is 0 Å². The lowest BCUT2D eigenvalue weighted by atomic mass is 10.1. The average Bonchev–Trinajstić information content (AvgIpc) is 2.29. The maximum absolute atomic E-state index is 8.90. The molecule has 1 atom stereocenters. The van der Waals surface area contributed by atoms with Crippen molar-refractivity contribution in [1.29, 1.82) is 0 Å². The third-order valence-electron chi connectivity index (χ3n) is 2.51. The van der Waals surface area contributed by atoms with Gasteiger partial charge in [-0.15, -0.1) is 11.6 Å². The molecule has 0 saturated heterocycles. The summed E-state index contributed by atoms with van der Waals surface area (Å²) in [4.78, 5) is 2.14. The van der Waals surface area contributed by atoms with Crippen LogP contribution < -0.4 is 0 Å². The van der Waals surface area contributed by atoms with Gasteiger partial charge < -0.3 is 5.11 Å². The first-order valence-corrected chi connectivity index (χ1v) is 6.63. The minimum Gasteiger partial charge on any atom is -0.395 e. The number of rotatable bonds is 6. The molecule has 0 spiro atoms. The second kappa shape index (κ2) is 7.28. The van der Waals surface area contributed by atoms with Gasteiger partial charge in [0.25, 0.3) is 0 Å². The molecule has 0 bridgehead atoms. The first kappa shape index (κ1) is 14.0. The summed E-state index contributed by atoms with van der Waals surface area (Å²) in [6.45, 7) is 4.59. The van der Waals surface area contributed by atoms with Crippen LogP contribution in [0, 0.1) is 0 Å². The van der Waals surface area contributed by atoms with Gasteiger partial charge in [0.2, 0.25) is 0 Å². The fourth-order valence-electron chi connectivity index (χ4n) is 1.52. The predicted molar refractivity (Wildman–Crippen MR) is 71.9 cm³/mol. The summed E-state index contributed by atoms with van der Waals surface area (Å²) in [6, 6.07) is 8.03. The van der Waals surface area contributed by atoms with Crippen molar-refractivity contribution in [3.05, 3.63) is 34.3 Å². The fraction of sp³-hybridized carbons (Fsp3) is 0.500. The van der Waals surface area contributed by atoms with Crippen molar-refractivity contribution in [1.82, 2.24) is 4.90 Å². The monoisotopic (exact) mass is 305 g/mol. The molecule has 0 aromatic heterocycles. The quantitative estimate of drug-likeness (QED) is 0.817. The first-order valence-electron chi connectivity index (χ1n) is 5.40. The normalized spacial score (nSPS) is 13.1. The summed E-state index contributed by atoms with van der Waals surface area (Å²) >= 11 is 9.73. The van der Waals surface area contributed by atoms with Gasteiger partial charge in [0, 0.05) is 17.6 Å². The third kappa shape index (κ3) is 4.42. The zero-order valence-electron chi connectivity index (χ0n) is 9.37. The van der Waals surface area contributed by atoms with Crippen LogP contribution in [0.2, 0.25) is 0 Å². The largest absolute Gasteiger partial charge is 0.395 e. The molecular formula is C12H17BrClNO. The third-order valence-corrected chi connectivity index (χ3v) is 3.43. The molecule has 0 aliphatic heterocycles. The van der Waals surface area contributed by atoms with Crippen molar-refractivity contribution < 1.29 is 5.11 Å². The molecule has 1 aromatic carbocycles. The minimum atomic E-state index is -0.0281. The lowest BCUT2D eigenvalue weighted by molar-refractivity contribution is 0.202. The van der Waals surface area contributed by atoms with Crippen LogP contribution in [0.3, 0.4) is 0 Å². The number of hydrogen-bond acceptors (Lipinski definition) is 2. The van der Waals surface area contributed by atoms with Crippen LogP contribution in [0.25, 0.3) is 0 Å². The zero-order chi connectivity index (χ0) is 12.0. The number of aliphatic hydroxyl groups excluding tert-OH is 1. The van der Waals surface area contributed by atoms with Crippen LogP contribution in [-0.2, 0) is 0 Å². The Balaban J connectivity index is 2.56. The van der Waals surface area contributed by atoms with E-state index in [1.165, 1.54) is 0 Å². The van der Waals surface area contributed by atoms with Crippen LogP contribution in [0.15, 0.2) is 28.7 Å². The SMILES string of the molecule is CCN(CCO)CC(Cl)c1ccc(Br)cc1. The Morgan fingerprint density at radius 2 is 2.00 bits per heavy atom. The highest BCUT2D eigenvalue weighted by molar-refractivity contribution is 9.10. The van der Waals surface area contributed by atoms with Gasteiger partial charge in [-0.2, -0.15) is 0 Å². The maximum Gasteiger partial charge on any atom is 0.0712 e. The number of nitrogens with zero attached hydrogens (tertiary/aromatic N) is 1. The number of benzene rings is 1. The van der Waals surface area contributed by atoms with Crippen molar-refractivity contribution in [3.63, 3.8) is 0 Å². The van der Waals surface area contributed by atoms with E-state index in [9.17, 15) is 0 Å². The van der Waals surface area contributed by atoms with E-state index in [4.69, 9.17) is 16.7 Å². The molecule has 1 N–H and O–H groups in total. The van der Waals surface area contributed by atoms with Gasteiger partial charge in [0.05, 0.1) is 12.0 Å². The predicted octanol–water partition coefficient (Wildman–Crippen LogP) is 3.04. The molecule has 0 saturated carbocycles. The molecule has 0 heterocycles. The van der Waals surface area contributed by atoms with Crippen LogP contribution in [-0.4, -0.2) is 36.2 Å². The molecule has 0 radical (unpaired) electrons. The smallest absolute Gasteiger partial charge is 0.0712 e.